The summed E-state index contributed by atoms with van der Waals surface area (Å²) in [5.41, 5.74) is 1.08. The van der Waals surface area contributed by atoms with Gasteiger partial charge in [-0.2, -0.15) is 0 Å². The number of ether oxygens (including phenoxy) is 1. The standard InChI is InChI=1S/C15H18N2O3S2/c1-3-20-11(18)7-21-15-16-13(19)12-9-5-4-8(2)6-10(9)22-14(12)17-15/h8H,3-7H2,1-2H3,(H,16,17,19). The molecule has 22 heavy (non-hydrogen) atoms. The van der Waals surface area contributed by atoms with Gasteiger partial charge in [0.1, 0.15) is 4.83 Å². The molecule has 0 aromatic carbocycles. The molecule has 1 unspecified atom stereocenters. The van der Waals surface area contributed by atoms with Gasteiger partial charge in [0.05, 0.1) is 17.7 Å². The normalized spacial score (nSPS) is 17.5. The van der Waals surface area contributed by atoms with Gasteiger partial charge in [-0.05, 0) is 37.7 Å². The number of nitrogens with one attached hydrogen (secondary N) is 1. The fourth-order valence-electron chi connectivity index (χ4n) is 2.73. The minimum atomic E-state index is -0.297. The van der Waals surface area contributed by atoms with Crippen LogP contribution in [0.3, 0.4) is 0 Å². The van der Waals surface area contributed by atoms with Crippen LogP contribution < -0.4 is 5.56 Å². The van der Waals surface area contributed by atoms with Crippen molar-refractivity contribution in [2.75, 3.05) is 12.4 Å². The maximum absolute atomic E-state index is 12.4. The third-order valence-electron chi connectivity index (χ3n) is 3.78. The van der Waals surface area contributed by atoms with Crippen LogP contribution in [0.5, 0.6) is 0 Å². The van der Waals surface area contributed by atoms with Crippen LogP contribution in [0.15, 0.2) is 9.95 Å². The SMILES string of the molecule is CCOC(=O)CSc1nc2sc3c(c2c(=O)[nH]1)CCC(C)C3. The van der Waals surface area contributed by atoms with Crippen LogP contribution in [-0.4, -0.2) is 28.3 Å². The van der Waals surface area contributed by atoms with Crippen molar-refractivity contribution >= 4 is 39.3 Å². The van der Waals surface area contributed by atoms with E-state index in [0.29, 0.717) is 17.7 Å². The number of fused-ring (bicyclic) bond motifs is 3. The summed E-state index contributed by atoms with van der Waals surface area (Å²) in [6.45, 7) is 4.37. The number of esters is 1. The number of thiophene rings is 1. The lowest BCUT2D eigenvalue weighted by Gasteiger charge is -2.17. The molecule has 2 heterocycles. The van der Waals surface area contributed by atoms with Crippen molar-refractivity contribution in [2.24, 2.45) is 5.92 Å². The number of H-pyrrole nitrogens is 1. The van der Waals surface area contributed by atoms with E-state index in [2.05, 4.69) is 16.9 Å². The second-order valence-electron chi connectivity index (χ2n) is 5.50. The zero-order chi connectivity index (χ0) is 15.7. The van der Waals surface area contributed by atoms with Crippen LogP contribution in [0.1, 0.15) is 30.7 Å². The summed E-state index contributed by atoms with van der Waals surface area (Å²) in [6.07, 6.45) is 3.11. The molecule has 1 aliphatic rings. The molecule has 0 spiro atoms. The van der Waals surface area contributed by atoms with E-state index in [1.165, 1.54) is 22.2 Å². The average Bonchev–Trinajstić information content (AvgIpc) is 2.83. The van der Waals surface area contributed by atoms with Gasteiger partial charge in [-0.15, -0.1) is 11.3 Å². The van der Waals surface area contributed by atoms with Crippen molar-refractivity contribution < 1.29 is 9.53 Å². The summed E-state index contributed by atoms with van der Waals surface area (Å²) in [7, 11) is 0. The first-order chi connectivity index (χ1) is 10.6. The zero-order valence-corrected chi connectivity index (χ0v) is 14.2. The highest BCUT2D eigenvalue weighted by molar-refractivity contribution is 7.99. The van der Waals surface area contributed by atoms with Gasteiger partial charge in [-0.3, -0.25) is 9.59 Å². The first-order valence-electron chi connectivity index (χ1n) is 7.41. The molecule has 0 fully saturated rings. The van der Waals surface area contributed by atoms with Crippen molar-refractivity contribution in [3.63, 3.8) is 0 Å². The maximum Gasteiger partial charge on any atom is 0.316 e. The van der Waals surface area contributed by atoms with E-state index in [1.54, 1.807) is 18.3 Å². The van der Waals surface area contributed by atoms with Crippen molar-refractivity contribution in [3.05, 3.63) is 20.8 Å². The molecule has 5 nitrogen and oxygen atoms in total. The molecule has 2 aromatic heterocycles. The number of thioether (sulfide) groups is 1. The van der Waals surface area contributed by atoms with Crippen molar-refractivity contribution in [1.29, 1.82) is 0 Å². The Labute approximate surface area is 136 Å². The van der Waals surface area contributed by atoms with Gasteiger partial charge in [0, 0.05) is 4.88 Å². The van der Waals surface area contributed by atoms with Crippen LogP contribution >= 0.6 is 23.1 Å². The predicted molar refractivity (Wildman–Crippen MR) is 88.8 cm³/mol. The number of aryl methyl sites for hydroxylation is 1. The van der Waals surface area contributed by atoms with Gasteiger partial charge < -0.3 is 9.72 Å². The summed E-state index contributed by atoms with van der Waals surface area (Å²) in [6, 6.07) is 0. The van der Waals surface area contributed by atoms with Gasteiger partial charge >= 0.3 is 5.97 Å². The minimum Gasteiger partial charge on any atom is -0.465 e. The van der Waals surface area contributed by atoms with Crippen molar-refractivity contribution in [3.8, 4) is 0 Å². The highest BCUT2D eigenvalue weighted by Gasteiger charge is 2.23. The molecule has 2 aromatic rings. The van der Waals surface area contributed by atoms with Crippen LogP contribution in [0, 0.1) is 5.92 Å². The largest absolute Gasteiger partial charge is 0.465 e. The molecule has 118 valence electrons. The first-order valence-corrected chi connectivity index (χ1v) is 9.21. The molecule has 0 saturated heterocycles. The summed E-state index contributed by atoms with van der Waals surface area (Å²) in [4.78, 5) is 33.2. The Kier molecular flexibility index (Phi) is 4.54. The lowest BCUT2D eigenvalue weighted by atomic mass is 9.89. The maximum atomic E-state index is 12.4. The molecule has 1 atom stereocenters. The molecular formula is C15H18N2O3S2. The molecule has 0 amide bonds. The molecule has 0 radical (unpaired) electrons. The second kappa shape index (κ2) is 6.42. The Morgan fingerprint density at radius 2 is 2.36 bits per heavy atom. The number of carbonyl (C=O) groups is 1. The fourth-order valence-corrected chi connectivity index (χ4v) is 4.83. The quantitative estimate of drug-likeness (QED) is 0.527. The minimum absolute atomic E-state index is 0.0941. The number of hydrogen-bond donors (Lipinski definition) is 1. The van der Waals surface area contributed by atoms with Gasteiger partial charge in [0.15, 0.2) is 5.16 Å². The molecule has 0 saturated carbocycles. The van der Waals surface area contributed by atoms with Gasteiger partial charge in [-0.1, -0.05) is 18.7 Å². The number of aromatic nitrogens is 2. The van der Waals surface area contributed by atoms with E-state index in [-0.39, 0.29) is 17.3 Å². The molecule has 1 aliphatic carbocycles. The van der Waals surface area contributed by atoms with E-state index in [1.807, 2.05) is 0 Å². The molecular weight excluding hydrogens is 320 g/mol. The van der Waals surface area contributed by atoms with Gasteiger partial charge in [0.25, 0.3) is 5.56 Å². The molecule has 7 heteroatoms. The molecule has 3 rings (SSSR count). The number of carbonyl (C=O) groups excluding carboxylic acids is 1. The summed E-state index contributed by atoms with van der Waals surface area (Å²) in [5, 5.41) is 1.23. The van der Waals surface area contributed by atoms with Crippen LogP contribution in [0.2, 0.25) is 0 Å². The van der Waals surface area contributed by atoms with Crippen LogP contribution in [0.4, 0.5) is 0 Å². The van der Waals surface area contributed by atoms with Crippen molar-refractivity contribution in [1.82, 2.24) is 9.97 Å². The Morgan fingerprint density at radius 3 is 3.14 bits per heavy atom. The zero-order valence-electron chi connectivity index (χ0n) is 12.6. The van der Waals surface area contributed by atoms with E-state index >= 15 is 0 Å². The first kappa shape index (κ1) is 15.6. The topological polar surface area (TPSA) is 72.0 Å². The molecule has 0 aliphatic heterocycles. The van der Waals surface area contributed by atoms with E-state index < -0.39 is 0 Å². The summed E-state index contributed by atoms with van der Waals surface area (Å²) in [5.74, 6) is 0.525. The second-order valence-corrected chi connectivity index (χ2v) is 7.54. The van der Waals surface area contributed by atoms with E-state index in [4.69, 9.17) is 4.74 Å². The number of rotatable bonds is 4. The van der Waals surface area contributed by atoms with Gasteiger partial charge in [-0.25, -0.2) is 4.98 Å². The number of aromatic amines is 1. The fraction of sp³-hybridized carbons (Fsp3) is 0.533. The van der Waals surface area contributed by atoms with E-state index in [0.717, 1.165) is 29.5 Å². The summed E-state index contributed by atoms with van der Waals surface area (Å²) >= 11 is 2.83. The third-order valence-corrected chi connectivity index (χ3v) is 5.77. The Bertz CT molecular complexity index is 766. The summed E-state index contributed by atoms with van der Waals surface area (Å²) < 4.78 is 4.88. The Balaban J connectivity index is 1.89. The third kappa shape index (κ3) is 3.05. The lowest BCUT2D eigenvalue weighted by Crippen LogP contribution is -2.14. The van der Waals surface area contributed by atoms with Gasteiger partial charge in [0.2, 0.25) is 0 Å². The molecule has 0 bridgehead atoms. The number of hydrogen-bond acceptors (Lipinski definition) is 6. The van der Waals surface area contributed by atoms with Crippen LogP contribution in [-0.2, 0) is 22.4 Å². The monoisotopic (exact) mass is 338 g/mol. The predicted octanol–water partition coefficient (Wildman–Crippen LogP) is 2.76. The van der Waals surface area contributed by atoms with Crippen LogP contribution in [0.25, 0.3) is 10.2 Å². The Hall–Kier alpha value is -1.34. The number of nitrogens with zero attached hydrogens (tertiary/aromatic N) is 1. The van der Waals surface area contributed by atoms with E-state index in [9.17, 15) is 9.59 Å². The lowest BCUT2D eigenvalue weighted by molar-refractivity contribution is -0.139. The molecule has 1 N–H and O–H groups in total. The smallest absolute Gasteiger partial charge is 0.316 e. The highest BCUT2D eigenvalue weighted by atomic mass is 32.2. The highest BCUT2D eigenvalue weighted by Crippen LogP contribution is 2.36. The Morgan fingerprint density at radius 1 is 1.55 bits per heavy atom. The average molecular weight is 338 g/mol. The van der Waals surface area contributed by atoms with Crippen molar-refractivity contribution in [2.45, 2.75) is 38.3 Å².